The number of hydrogen-bond acceptors (Lipinski definition) is 5. The standard InChI is InChI=1S/C12H8N2O2S2/c1-6-13-5-10(17-6)11-14-8-3-2-7(12(15)16)4-9(8)18-11/h2-5H,1H3,(H,15,16). The maximum atomic E-state index is 10.9. The fourth-order valence-electron chi connectivity index (χ4n) is 1.62. The van der Waals surface area contributed by atoms with E-state index in [-0.39, 0.29) is 5.56 Å². The van der Waals surface area contributed by atoms with Crippen molar-refractivity contribution in [2.24, 2.45) is 0 Å². The van der Waals surface area contributed by atoms with Gasteiger partial charge in [-0.25, -0.2) is 14.8 Å². The molecule has 0 spiro atoms. The molecule has 6 heteroatoms. The highest BCUT2D eigenvalue weighted by Gasteiger charge is 2.11. The normalized spacial score (nSPS) is 10.9. The zero-order chi connectivity index (χ0) is 12.7. The van der Waals surface area contributed by atoms with Crippen LogP contribution >= 0.6 is 22.7 Å². The number of carboxylic acids is 1. The number of thiazole rings is 2. The summed E-state index contributed by atoms with van der Waals surface area (Å²) in [6, 6.07) is 4.98. The molecule has 1 aromatic carbocycles. The summed E-state index contributed by atoms with van der Waals surface area (Å²) in [5.41, 5.74) is 1.12. The van der Waals surface area contributed by atoms with E-state index < -0.39 is 5.97 Å². The molecule has 0 aliphatic rings. The average molecular weight is 276 g/mol. The largest absolute Gasteiger partial charge is 0.478 e. The van der Waals surface area contributed by atoms with Crippen LogP contribution in [0, 0.1) is 6.92 Å². The van der Waals surface area contributed by atoms with Crippen LogP contribution in [0.15, 0.2) is 24.4 Å². The molecule has 1 N–H and O–H groups in total. The number of carbonyl (C=O) groups is 1. The third kappa shape index (κ3) is 1.89. The zero-order valence-corrected chi connectivity index (χ0v) is 11.0. The number of aromatic nitrogens is 2. The third-order valence-electron chi connectivity index (χ3n) is 2.47. The number of benzene rings is 1. The fourth-order valence-corrected chi connectivity index (χ4v) is 3.45. The van der Waals surface area contributed by atoms with E-state index in [1.54, 1.807) is 35.7 Å². The van der Waals surface area contributed by atoms with Gasteiger partial charge in [-0.1, -0.05) is 0 Å². The Hall–Kier alpha value is -1.79. The van der Waals surface area contributed by atoms with Gasteiger partial charge in [-0.3, -0.25) is 0 Å². The van der Waals surface area contributed by atoms with E-state index in [4.69, 9.17) is 5.11 Å². The average Bonchev–Trinajstić information content (AvgIpc) is 2.93. The second-order valence-electron chi connectivity index (χ2n) is 3.75. The summed E-state index contributed by atoms with van der Waals surface area (Å²) in [6.45, 7) is 1.95. The molecule has 4 nitrogen and oxygen atoms in total. The van der Waals surface area contributed by atoms with Gasteiger partial charge >= 0.3 is 5.97 Å². The van der Waals surface area contributed by atoms with Gasteiger partial charge in [0.2, 0.25) is 0 Å². The van der Waals surface area contributed by atoms with E-state index >= 15 is 0 Å². The molecule has 0 radical (unpaired) electrons. The molecular weight excluding hydrogens is 268 g/mol. The maximum absolute atomic E-state index is 10.9. The summed E-state index contributed by atoms with van der Waals surface area (Å²) in [5, 5.41) is 10.8. The molecule has 2 heterocycles. The molecule has 90 valence electrons. The predicted molar refractivity (Wildman–Crippen MR) is 72.4 cm³/mol. The Labute approximate surface area is 111 Å². The molecule has 0 aliphatic heterocycles. The molecule has 0 fully saturated rings. The van der Waals surface area contributed by atoms with Gasteiger partial charge < -0.3 is 5.11 Å². The van der Waals surface area contributed by atoms with Gasteiger partial charge in [0.1, 0.15) is 5.01 Å². The van der Waals surface area contributed by atoms with Crippen LogP contribution in [0.3, 0.4) is 0 Å². The van der Waals surface area contributed by atoms with Crippen LogP contribution in [-0.2, 0) is 0 Å². The number of carboxylic acid groups (broad SMARTS) is 1. The Morgan fingerprint density at radius 1 is 1.33 bits per heavy atom. The lowest BCUT2D eigenvalue weighted by Gasteiger charge is -1.91. The monoisotopic (exact) mass is 276 g/mol. The van der Waals surface area contributed by atoms with Gasteiger partial charge in [-0.15, -0.1) is 22.7 Å². The van der Waals surface area contributed by atoms with Crippen molar-refractivity contribution in [3.8, 4) is 9.88 Å². The fraction of sp³-hybridized carbons (Fsp3) is 0.0833. The van der Waals surface area contributed by atoms with E-state index in [1.165, 1.54) is 11.3 Å². The topological polar surface area (TPSA) is 63.1 Å². The zero-order valence-electron chi connectivity index (χ0n) is 9.38. The van der Waals surface area contributed by atoms with Crippen molar-refractivity contribution in [1.82, 2.24) is 9.97 Å². The Balaban J connectivity index is 2.13. The van der Waals surface area contributed by atoms with Gasteiger partial charge in [0.25, 0.3) is 0 Å². The molecule has 0 saturated heterocycles. The van der Waals surface area contributed by atoms with Crippen LogP contribution in [-0.4, -0.2) is 21.0 Å². The van der Waals surface area contributed by atoms with Crippen molar-refractivity contribution in [1.29, 1.82) is 0 Å². The second-order valence-corrected chi connectivity index (χ2v) is 6.02. The molecule has 0 amide bonds. The summed E-state index contributed by atoms with van der Waals surface area (Å²) >= 11 is 3.08. The van der Waals surface area contributed by atoms with Crippen molar-refractivity contribution >= 4 is 38.9 Å². The van der Waals surface area contributed by atoms with Crippen LogP contribution in [0.4, 0.5) is 0 Å². The van der Waals surface area contributed by atoms with Crippen LogP contribution in [0.5, 0.6) is 0 Å². The van der Waals surface area contributed by atoms with Crippen LogP contribution in [0.1, 0.15) is 15.4 Å². The van der Waals surface area contributed by atoms with Gasteiger partial charge in [0.15, 0.2) is 0 Å². The summed E-state index contributed by atoms with van der Waals surface area (Å²) in [5.74, 6) is -0.916. The van der Waals surface area contributed by atoms with E-state index in [0.29, 0.717) is 0 Å². The first-order chi connectivity index (χ1) is 8.63. The van der Waals surface area contributed by atoms with Crippen LogP contribution < -0.4 is 0 Å². The summed E-state index contributed by atoms with van der Waals surface area (Å²) in [6.07, 6.45) is 1.80. The Kier molecular flexibility index (Phi) is 2.61. The summed E-state index contributed by atoms with van der Waals surface area (Å²) in [4.78, 5) is 20.6. The Bertz CT molecular complexity index is 745. The lowest BCUT2D eigenvalue weighted by atomic mass is 10.2. The Morgan fingerprint density at radius 3 is 2.83 bits per heavy atom. The quantitative estimate of drug-likeness (QED) is 0.779. The molecule has 18 heavy (non-hydrogen) atoms. The maximum Gasteiger partial charge on any atom is 0.335 e. The molecule has 3 rings (SSSR count). The van der Waals surface area contributed by atoms with Crippen molar-refractivity contribution < 1.29 is 9.90 Å². The lowest BCUT2D eigenvalue weighted by Crippen LogP contribution is -1.94. The minimum atomic E-state index is -0.916. The molecule has 0 saturated carbocycles. The van der Waals surface area contributed by atoms with Gasteiger partial charge in [-0.05, 0) is 25.1 Å². The summed E-state index contributed by atoms with van der Waals surface area (Å²) < 4.78 is 0.885. The number of rotatable bonds is 2. The molecule has 0 unspecified atom stereocenters. The molecular formula is C12H8N2O2S2. The highest BCUT2D eigenvalue weighted by molar-refractivity contribution is 7.25. The van der Waals surface area contributed by atoms with Crippen molar-refractivity contribution in [3.05, 3.63) is 35.0 Å². The van der Waals surface area contributed by atoms with Gasteiger partial charge in [0, 0.05) is 6.20 Å². The number of hydrogen-bond donors (Lipinski definition) is 1. The summed E-state index contributed by atoms with van der Waals surface area (Å²) in [7, 11) is 0. The molecule has 3 aromatic rings. The molecule has 0 aliphatic carbocycles. The SMILES string of the molecule is Cc1ncc(-c2nc3ccc(C(=O)O)cc3s2)s1. The van der Waals surface area contributed by atoms with Crippen LogP contribution in [0.2, 0.25) is 0 Å². The second kappa shape index (κ2) is 4.15. The first kappa shape index (κ1) is 11.3. The number of fused-ring (bicyclic) bond motifs is 1. The van der Waals surface area contributed by atoms with E-state index in [2.05, 4.69) is 9.97 Å². The third-order valence-corrected chi connectivity index (χ3v) is 4.57. The van der Waals surface area contributed by atoms with Crippen molar-refractivity contribution in [2.75, 3.05) is 0 Å². The van der Waals surface area contributed by atoms with Gasteiger partial charge in [0.05, 0.1) is 25.7 Å². The first-order valence-corrected chi connectivity index (χ1v) is 6.83. The molecule has 2 aromatic heterocycles. The number of nitrogens with zero attached hydrogens (tertiary/aromatic N) is 2. The smallest absolute Gasteiger partial charge is 0.335 e. The highest BCUT2D eigenvalue weighted by atomic mass is 32.1. The van der Waals surface area contributed by atoms with E-state index in [0.717, 1.165) is 25.1 Å². The predicted octanol–water partition coefficient (Wildman–Crippen LogP) is 3.43. The van der Waals surface area contributed by atoms with Gasteiger partial charge in [-0.2, -0.15) is 0 Å². The molecule has 0 atom stereocenters. The minimum Gasteiger partial charge on any atom is -0.478 e. The van der Waals surface area contributed by atoms with E-state index in [1.807, 2.05) is 6.92 Å². The number of aromatic carboxylic acids is 1. The Morgan fingerprint density at radius 2 is 2.17 bits per heavy atom. The highest BCUT2D eigenvalue weighted by Crippen LogP contribution is 2.33. The molecule has 0 bridgehead atoms. The minimum absolute atomic E-state index is 0.290. The van der Waals surface area contributed by atoms with Crippen molar-refractivity contribution in [2.45, 2.75) is 6.92 Å². The number of aryl methyl sites for hydroxylation is 1. The first-order valence-electron chi connectivity index (χ1n) is 5.20. The lowest BCUT2D eigenvalue weighted by molar-refractivity contribution is 0.0697. The van der Waals surface area contributed by atoms with E-state index in [9.17, 15) is 4.79 Å². The van der Waals surface area contributed by atoms with Crippen LogP contribution in [0.25, 0.3) is 20.1 Å². The van der Waals surface area contributed by atoms with Crippen molar-refractivity contribution in [3.63, 3.8) is 0 Å².